The van der Waals surface area contributed by atoms with Crippen LogP contribution in [0.15, 0.2) is 0 Å². The van der Waals surface area contributed by atoms with Gasteiger partial charge in [-0.2, -0.15) is 0 Å². The number of nitrogens with zero attached hydrogens (tertiary/aromatic N) is 1. The van der Waals surface area contributed by atoms with E-state index >= 15 is 0 Å². The van der Waals surface area contributed by atoms with Gasteiger partial charge in [0, 0.05) is 12.6 Å². The summed E-state index contributed by atoms with van der Waals surface area (Å²) in [5, 5.41) is 0. The van der Waals surface area contributed by atoms with E-state index < -0.39 is 0 Å². The Bertz CT molecular complexity index is 92.9. The van der Waals surface area contributed by atoms with E-state index in [9.17, 15) is 0 Å². The SMILES string of the molecule is C[C@H]1CCN(C)C[C@H]1N. The highest BCUT2D eigenvalue weighted by Gasteiger charge is 2.19. The normalized spacial score (nSPS) is 39.0. The Morgan fingerprint density at radius 2 is 2.22 bits per heavy atom. The van der Waals surface area contributed by atoms with Crippen LogP contribution in [0.2, 0.25) is 0 Å². The molecule has 9 heavy (non-hydrogen) atoms. The molecule has 1 fully saturated rings. The third kappa shape index (κ3) is 1.66. The molecule has 0 bridgehead atoms. The van der Waals surface area contributed by atoms with Crippen molar-refractivity contribution in [1.82, 2.24) is 4.90 Å². The molecule has 2 N–H and O–H groups in total. The van der Waals surface area contributed by atoms with Crippen molar-refractivity contribution in [2.45, 2.75) is 19.4 Å². The lowest BCUT2D eigenvalue weighted by Crippen LogP contribution is -2.45. The minimum atomic E-state index is 0.406. The summed E-state index contributed by atoms with van der Waals surface area (Å²) in [4.78, 5) is 2.30. The molecule has 1 saturated heterocycles. The van der Waals surface area contributed by atoms with Crippen LogP contribution in [0.3, 0.4) is 0 Å². The second-order valence-electron chi connectivity index (χ2n) is 3.19. The Hall–Kier alpha value is -0.0800. The molecule has 0 radical (unpaired) electrons. The number of nitrogens with two attached hydrogens (primary N) is 1. The van der Waals surface area contributed by atoms with Crippen LogP contribution < -0.4 is 5.73 Å². The van der Waals surface area contributed by atoms with Gasteiger partial charge in [-0.25, -0.2) is 0 Å². The molecule has 1 heterocycles. The van der Waals surface area contributed by atoms with Crippen molar-refractivity contribution < 1.29 is 0 Å². The van der Waals surface area contributed by atoms with Crippen LogP contribution in [-0.4, -0.2) is 31.1 Å². The zero-order valence-corrected chi connectivity index (χ0v) is 6.30. The molecule has 1 aliphatic rings. The number of hydrogen-bond donors (Lipinski definition) is 1. The number of likely N-dealkylation sites (tertiary alicyclic amines) is 1. The van der Waals surface area contributed by atoms with E-state index in [1.54, 1.807) is 0 Å². The fraction of sp³-hybridized carbons (Fsp3) is 1.00. The van der Waals surface area contributed by atoms with Crippen molar-refractivity contribution in [2.24, 2.45) is 11.7 Å². The second kappa shape index (κ2) is 2.67. The van der Waals surface area contributed by atoms with Crippen molar-refractivity contribution in [3.63, 3.8) is 0 Å². The molecular formula is C7H16N2. The average molecular weight is 128 g/mol. The van der Waals surface area contributed by atoms with Gasteiger partial charge in [-0.3, -0.25) is 0 Å². The van der Waals surface area contributed by atoms with Crippen molar-refractivity contribution >= 4 is 0 Å². The van der Waals surface area contributed by atoms with Crippen molar-refractivity contribution in [1.29, 1.82) is 0 Å². The van der Waals surface area contributed by atoms with E-state index in [2.05, 4.69) is 18.9 Å². The lowest BCUT2D eigenvalue weighted by Gasteiger charge is -2.32. The van der Waals surface area contributed by atoms with Crippen LogP contribution >= 0.6 is 0 Å². The van der Waals surface area contributed by atoms with Gasteiger partial charge in [-0.15, -0.1) is 0 Å². The van der Waals surface area contributed by atoms with Gasteiger partial charge in [0.1, 0.15) is 0 Å². The maximum atomic E-state index is 5.83. The van der Waals surface area contributed by atoms with Crippen molar-refractivity contribution in [2.75, 3.05) is 20.1 Å². The van der Waals surface area contributed by atoms with E-state index in [1.165, 1.54) is 13.0 Å². The van der Waals surface area contributed by atoms with Crippen LogP contribution in [0.5, 0.6) is 0 Å². The summed E-state index contributed by atoms with van der Waals surface area (Å²) in [6, 6.07) is 0.406. The van der Waals surface area contributed by atoms with E-state index in [4.69, 9.17) is 5.73 Å². The number of rotatable bonds is 0. The lowest BCUT2D eigenvalue weighted by atomic mass is 9.95. The van der Waals surface area contributed by atoms with E-state index in [0.717, 1.165) is 12.5 Å². The fourth-order valence-electron chi connectivity index (χ4n) is 1.27. The smallest absolute Gasteiger partial charge is 0.0194 e. The molecule has 2 heteroatoms. The zero-order valence-electron chi connectivity index (χ0n) is 6.30. The van der Waals surface area contributed by atoms with Crippen molar-refractivity contribution in [3.8, 4) is 0 Å². The van der Waals surface area contributed by atoms with Gasteiger partial charge in [0.2, 0.25) is 0 Å². The molecule has 0 aromatic carbocycles. The zero-order chi connectivity index (χ0) is 6.85. The summed E-state index contributed by atoms with van der Waals surface area (Å²) in [6.07, 6.45) is 1.26. The standard InChI is InChI=1S/C7H16N2/c1-6-3-4-9(2)5-7(6)8/h6-7H,3-5,8H2,1-2H3/t6-,7+/m0/s1. The van der Waals surface area contributed by atoms with Gasteiger partial charge in [0.15, 0.2) is 0 Å². The Morgan fingerprint density at radius 1 is 1.56 bits per heavy atom. The maximum absolute atomic E-state index is 5.83. The Kier molecular flexibility index (Phi) is 2.09. The monoisotopic (exact) mass is 128 g/mol. The predicted molar refractivity (Wildman–Crippen MR) is 39.3 cm³/mol. The maximum Gasteiger partial charge on any atom is 0.0194 e. The molecule has 0 aliphatic carbocycles. The second-order valence-corrected chi connectivity index (χ2v) is 3.19. The highest BCUT2D eigenvalue weighted by Crippen LogP contribution is 2.13. The van der Waals surface area contributed by atoms with Crippen LogP contribution in [0.1, 0.15) is 13.3 Å². The van der Waals surface area contributed by atoms with Crippen LogP contribution in [0.4, 0.5) is 0 Å². The molecule has 54 valence electrons. The fourth-order valence-corrected chi connectivity index (χ4v) is 1.27. The van der Waals surface area contributed by atoms with Gasteiger partial charge in [0.05, 0.1) is 0 Å². The summed E-state index contributed by atoms with van der Waals surface area (Å²) in [5.74, 6) is 0.723. The minimum Gasteiger partial charge on any atom is -0.326 e. The Labute approximate surface area is 57.0 Å². The van der Waals surface area contributed by atoms with Crippen molar-refractivity contribution in [3.05, 3.63) is 0 Å². The van der Waals surface area contributed by atoms with E-state index in [-0.39, 0.29) is 0 Å². The first kappa shape index (κ1) is 7.03. The van der Waals surface area contributed by atoms with Gasteiger partial charge in [0.25, 0.3) is 0 Å². The van der Waals surface area contributed by atoms with Gasteiger partial charge >= 0.3 is 0 Å². The molecule has 0 amide bonds. The van der Waals surface area contributed by atoms with Gasteiger partial charge in [-0.05, 0) is 25.9 Å². The molecule has 0 saturated carbocycles. The van der Waals surface area contributed by atoms with Gasteiger partial charge < -0.3 is 10.6 Å². The topological polar surface area (TPSA) is 29.3 Å². The first-order valence-electron chi connectivity index (χ1n) is 3.64. The summed E-state index contributed by atoms with van der Waals surface area (Å²) < 4.78 is 0. The third-order valence-electron chi connectivity index (χ3n) is 2.22. The predicted octanol–water partition coefficient (Wildman–Crippen LogP) is 0.285. The minimum absolute atomic E-state index is 0.406. The Morgan fingerprint density at radius 3 is 2.67 bits per heavy atom. The van der Waals surface area contributed by atoms with Crippen LogP contribution in [0, 0.1) is 5.92 Å². The number of hydrogen-bond acceptors (Lipinski definition) is 2. The molecule has 2 nitrogen and oxygen atoms in total. The summed E-state index contributed by atoms with van der Waals surface area (Å²) in [6.45, 7) is 4.52. The number of piperidine rings is 1. The number of likely N-dealkylation sites (N-methyl/N-ethyl adjacent to an activating group) is 1. The highest BCUT2D eigenvalue weighted by atomic mass is 15.1. The van der Waals surface area contributed by atoms with Crippen LogP contribution in [-0.2, 0) is 0 Å². The molecule has 1 rings (SSSR count). The molecular weight excluding hydrogens is 112 g/mol. The Balaban J connectivity index is 2.35. The molecule has 0 aromatic heterocycles. The summed E-state index contributed by atoms with van der Waals surface area (Å²) in [5.41, 5.74) is 5.83. The summed E-state index contributed by atoms with van der Waals surface area (Å²) >= 11 is 0. The summed E-state index contributed by atoms with van der Waals surface area (Å²) in [7, 11) is 2.13. The molecule has 0 spiro atoms. The molecule has 0 unspecified atom stereocenters. The molecule has 2 atom stereocenters. The van der Waals surface area contributed by atoms with Crippen LogP contribution in [0.25, 0.3) is 0 Å². The molecule has 1 aliphatic heterocycles. The lowest BCUT2D eigenvalue weighted by molar-refractivity contribution is 0.201. The highest BCUT2D eigenvalue weighted by molar-refractivity contribution is 4.78. The van der Waals surface area contributed by atoms with E-state index in [1.807, 2.05) is 0 Å². The molecule has 0 aromatic rings. The average Bonchev–Trinajstić information content (AvgIpc) is 1.80. The first-order valence-corrected chi connectivity index (χ1v) is 3.64. The van der Waals surface area contributed by atoms with Gasteiger partial charge in [-0.1, -0.05) is 6.92 Å². The van der Waals surface area contributed by atoms with E-state index in [0.29, 0.717) is 6.04 Å². The first-order chi connectivity index (χ1) is 4.20. The largest absolute Gasteiger partial charge is 0.326 e. The third-order valence-corrected chi connectivity index (χ3v) is 2.22. The quantitative estimate of drug-likeness (QED) is 0.508.